The maximum Gasteiger partial charge on any atom is 0.264 e. The highest BCUT2D eigenvalue weighted by Gasteiger charge is 2.17. The number of hydrogen-bond donors (Lipinski definition) is 0. The second kappa shape index (κ2) is 4.74. The molecule has 2 aromatic carbocycles. The Kier molecular flexibility index (Phi) is 2.74. The molecule has 4 rings (SSSR count). The van der Waals surface area contributed by atoms with E-state index in [-0.39, 0.29) is 0 Å². The third-order valence-corrected chi connectivity index (χ3v) is 3.59. The van der Waals surface area contributed by atoms with Crippen molar-refractivity contribution in [3.8, 4) is 11.7 Å². The van der Waals surface area contributed by atoms with Gasteiger partial charge in [-0.15, -0.1) is 0 Å². The van der Waals surface area contributed by atoms with Gasteiger partial charge in [0.1, 0.15) is 5.52 Å². The van der Waals surface area contributed by atoms with E-state index in [1.165, 1.54) is 0 Å². The second-order valence-corrected chi connectivity index (χ2v) is 5.06. The number of imidazole rings is 1. The van der Waals surface area contributed by atoms with Crippen LogP contribution in [0.15, 0.2) is 52.9 Å². The van der Waals surface area contributed by atoms with Crippen LogP contribution in [0, 0.1) is 0 Å². The van der Waals surface area contributed by atoms with Crippen LogP contribution in [0.5, 0.6) is 0 Å². The van der Waals surface area contributed by atoms with Crippen LogP contribution in [0.2, 0.25) is 0 Å². The Morgan fingerprint density at radius 3 is 2.52 bits per heavy atom. The molecule has 0 aliphatic carbocycles. The molecule has 0 saturated carbocycles. The smallest absolute Gasteiger partial charge is 0.264 e. The van der Waals surface area contributed by atoms with Gasteiger partial charge in [0.05, 0.1) is 11.0 Å². The zero-order valence-electron chi connectivity index (χ0n) is 11.8. The van der Waals surface area contributed by atoms with Gasteiger partial charge in [0.15, 0.2) is 11.4 Å². The predicted molar refractivity (Wildman–Crippen MR) is 83.0 cm³/mol. The number of nitrogens with zero attached hydrogens (tertiary/aromatic N) is 3. The summed E-state index contributed by atoms with van der Waals surface area (Å²) >= 11 is 0. The molecular weight excluding hydrogens is 262 g/mol. The zero-order valence-corrected chi connectivity index (χ0v) is 11.8. The van der Waals surface area contributed by atoms with E-state index in [9.17, 15) is 0 Å². The first kappa shape index (κ1) is 12.1. The average molecular weight is 277 g/mol. The van der Waals surface area contributed by atoms with Gasteiger partial charge >= 0.3 is 0 Å². The summed E-state index contributed by atoms with van der Waals surface area (Å²) < 4.78 is 8.06. The largest absolute Gasteiger partial charge is 0.434 e. The standard InChI is InChI=1S/C17H15N3O/c1-2-11-20-14-9-5-3-7-12(14)18-16(20)17-19-13-8-4-6-10-15(13)21-17/h3-10H,2,11H2,1H3. The SMILES string of the molecule is CCCn1c(-c2nc3ccccc3o2)nc2ccccc21. The fourth-order valence-electron chi connectivity index (χ4n) is 2.66. The number of para-hydroxylation sites is 4. The number of hydrogen-bond acceptors (Lipinski definition) is 3. The summed E-state index contributed by atoms with van der Waals surface area (Å²) in [4.78, 5) is 9.27. The van der Waals surface area contributed by atoms with Gasteiger partial charge in [0.2, 0.25) is 0 Å². The molecule has 0 aliphatic heterocycles. The lowest BCUT2D eigenvalue weighted by Crippen LogP contribution is -1.99. The van der Waals surface area contributed by atoms with Crippen LogP contribution >= 0.6 is 0 Å². The maximum atomic E-state index is 5.88. The van der Waals surface area contributed by atoms with Crippen LogP contribution in [0.25, 0.3) is 33.8 Å². The molecule has 0 atom stereocenters. The van der Waals surface area contributed by atoms with Gasteiger partial charge in [-0.1, -0.05) is 31.2 Å². The number of fused-ring (bicyclic) bond motifs is 2. The van der Waals surface area contributed by atoms with Crippen molar-refractivity contribution >= 4 is 22.1 Å². The first-order valence-corrected chi connectivity index (χ1v) is 7.18. The highest BCUT2D eigenvalue weighted by molar-refractivity contribution is 5.81. The Morgan fingerprint density at radius 2 is 1.71 bits per heavy atom. The van der Waals surface area contributed by atoms with Crippen molar-refractivity contribution in [2.45, 2.75) is 19.9 Å². The second-order valence-electron chi connectivity index (χ2n) is 5.06. The van der Waals surface area contributed by atoms with E-state index in [2.05, 4.69) is 22.5 Å². The maximum absolute atomic E-state index is 5.88. The van der Waals surface area contributed by atoms with Gasteiger partial charge in [-0.05, 0) is 30.7 Å². The normalized spacial score (nSPS) is 11.5. The Bertz CT molecular complexity index is 887. The highest BCUT2D eigenvalue weighted by Crippen LogP contribution is 2.27. The summed E-state index contributed by atoms with van der Waals surface area (Å²) in [5.41, 5.74) is 3.75. The van der Waals surface area contributed by atoms with E-state index in [1.54, 1.807) is 0 Å². The van der Waals surface area contributed by atoms with Gasteiger partial charge in [-0.2, -0.15) is 0 Å². The Morgan fingerprint density at radius 1 is 0.952 bits per heavy atom. The molecule has 0 N–H and O–H groups in total. The van der Waals surface area contributed by atoms with Gasteiger partial charge in [0, 0.05) is 6.54 Å². The predicted octanol–water partition coefficient (Wildman–Crippen LogP) is 4.25. The van der Waals surface area contributed by atoms with Crippen molar-refractivity contribution in [3.05, 3.63) is 48.5 Å². The molecule has 4 nitrogen and oxygen atoms in total. The summed E-state index contributed by atoms with van der Waals surface area (Å²) in [5.74, 6) is 1.38. The highest BCUT2D eigenvalue weighted by atomic mass is 16.3. The van der Waals surface area contributed by atoms with E-state index in [0.717, 1.165) is 40.9 Å². The summed E-state index contributed by atoms with van der Waals surface area (Å²) in [7, 11) is 0. The summed E-state index contributed by atoms with van der Waals surface area (Å²) in [6, 6.07) is 15.9. The number of oxazole rings is 1. The van der Waals surface area contributed by atoms with Crippen LogP contribution in [0.3, 0.4) is 0 Å². The van der Waals surface area contributed by atoms with E-state index < -0.39 is 0 Å². The average Bonchev–Trinajstić information content (AvgIpc) is 3.09. The van der Waals surface area contributed by atoms with Crippen molar-refractivity contribution in [1.29, 1.82) is 0 Å². The molecule has 0 amide bonds. The van der Waals surface area contributed by atoms with Crippen LogP contribution in [-0.4, -0.2) is 14.5 Å². The van der Waals surface area contributed by atoms with Crippen LogP contribution < -0.4 is 0 Å². The topological polar surface area (TPSA) is 43.9 Å². The molecule has 4 aromatic rings. The number of benzene rings is 2. The van der Waals surface area contributed by atoms with E-state index in [1.807, 2.05) is 42.5 Å². The molecule has 0 spiro atoms. The lowest BCUT2D eigenvalue weighted by molar-refractivity contribution is 0.598. The fraction of sp³-hybridized carbons (Fsp3) is 0.176. The summed E-state index contributed by atoms with van der Waals surface area (Å²) in [6.45, 7) is 3.05. The van der Waals surface area contributed by atoms with Gasteiger partial charge in [-0.25, -0.2) is 9.97 Å². The van der Waals surface area contributed by atoms with Crippen LogP contribution in [0.1, 0.15) is 13.3 Å². The minimum atomic E-state index is 0.584. The third kappa shape index (κ3) is 1.91. The van der Waals surface area contributed by atoms with Crippen molar-refractivity contribution in [1.82, 2.24) is 14.5 Å². The molecule has 4 heteroatoms. The molecule has 2 heterocycles. The van der Waals surface area contributed by atoms with E-state index in [4.69, 9.17) is 9.40 Å². The monoisotopic (exact) mass is 277 g/mol. The number of aromatic nitrogens is 3. The zero-order chi connectivity index (χ0) is 14.2. The van der Waals surface area contributed by atoms with Crippen LogP contribution in [-0.2, 0) is 6.54 Å². The van der Waals surface area contributed by atoms with E-state index in [0.29, 0.717) is 5.89 Å². The first-order valence-electron chi connectivity index (χ1n) is 7.18. The number of aryl methyl sites for hydroxylation is 1. The minimum Gasteiger partial charge on any atom is -0.434 e. The lowest BCUT2D eigenvalue weighted by atomic mass is 10.3. The summed E-state index contributed by atoms with van der Waals surface area (Å²) in [5, 5.41) is 0. The van der Waals surface area contributed by atoms with E-state index >= 15 is 0 Å². The molecule has 104 valence electrons. The molecule has 0 saturated heterocycles. The van der Waals surface area contributed by atoms with Gasteiger partial charge in [0.25, 0.3) is 5.89 Å². The molecule has 0 unspecified atom stereocenters. The first-order chi connectivity index (χ1) is 10.4. The van der Waals surface area contributed by atoms with Crippen molar-refractivity contribution in [2.24, 2.45) is 0 Å². The molecule has 21 heavy (non-hydrogen) atoms. The van der Waals surface area contributed by atoms with Crippen molar-refractivity contribution in [2.75, 3.05) is 0 Å². The fourth-order valence-corrected chi connectivity index (χ4v) is 2.66. The molecule has 0 bridgehead atoms. The minimum absolute atomic E-state index is 0.584. The summed E-state index contributed by atoms with van der Waals surface area (Å²) in [6.07, 6.45) is 1.04. The molecule has 2 aromatic heterocycles. The number of rotatable bonds is 3. The van der Waals surface area contributed by atoms with Gasteiger partial charge in [-0.3, -0.25) is 0 Å². The Balaban J connectivity index is 1.98. The third-order valence-electron chi connectivity index (χ3n) is 3.59. The Labute approximate surface area is 122 Å². The van der Waals surface area contributed by atoms with Crippen molar-refractivity contribution < 1.29 is 4.42 Å². The molecule has 0 fully saturated rings. The lowest BCUT2D eigenvalue weighted by Gasteiger charge is -2.04. The van der Waals surface area contributed by atoms with Crippen molar-refractivity contribution in [3.63, 3.8) is 0 Å². The van der Waals surface area contributed by atoms with Gasteiger partial charge < -0.3 is 8.98 Å². The quantitative estimate of drug-likeness (QED) is 0.562. The Hall–Kier alpha value is -2.62. The molecule has 0 radical (unpaired) electrons. The molecule has 0 aliphatic rings. The van der Waals surface area contributed by atoms with Crippen LogP contribution in [0.4, 0.5) is 0 Å². The molecular formula is C17H15N3O.